The molecule has 2 heterocycles. The molecule has 2 aliphatic rings. The van der Waals surface area contributed by atoms with Gasteiger partial charge in [0.25, 0.3) is 5.91 Å². The molecule has 0 bridgehead atoms. The van der Waals surface area contributed by atoms with Crippen LogP contribution >= 0.6 is 0 Å². The van der Waals surface area contributed by atoms with Crippen molar-refractivity contribution >= 4 is 12.0 Å². The van der Waals surface area contributed by atoms with E-state index >= 15 is 0 Å². The molecule has 2 fully saturated rings. The second-order valence-corrected chi connectivity index (χ2v) is 10.4. The molecule has 0 aromatic heterocycles. The maximum atomic E-state index is 13.7. The number of piperazine rings is 1. The first-order chi connectivity index (χ1) is 17.1. The molecule has 8 heteroatoms. The number of nitrogens with zero attached hydrogens (tertiary/aromatic N) is 2. The van der Waals surface area contributed by atoms with Crippen LogP contribution in [0.3, 0.4) is 0 Å². The van der Waals surface area contributed by atoms with Crippen molar-refractivity contribution in [3.63, 3.8) is 0 Å². The van der Waals surface area contributed by atoms with Gasteiger partial charge in [-0.05, 0) is 63.1 Å². The molecule has 2 aromatic rings. The molecule has 2 aromatic carbocycles. The minimum Gasteiger partial charge on any atom is -0.488 e. The molecule has 0 aliphatic carbocycles. The maximum Gasteiger partial charge on any atom is 0.410 e. The number of hydrogen-bond donors (Lipinski definition) is 1. The highest BCUT2D eigenvalue weighted by molar-refractivity contribution is 5.96. The number of hydrogen-bond acceptors (Lipinski definition) is 5. The van der Waals surface area contributed by atoms with Gasteiger partial charge in [-0.2, -0.15) is 0 Å². The predicted molar refractivity (Wildman–Crippen MR) is 137 cm³/mol. The largest absolute Gasteiger partial charge is 0.488 e. The lowest BCUT2D eigenvalue weighted by molar-refractivity contribution is 0.0275. The van der Waals surface area contributed by atoms with E-state index in [1.807, 2.05) is 37.8 Å². The van der Waals surface area contributed by atoms with E-state index in [-0.39, 0.29) is 30.0 Å². The number of ether oxygens (including phenoxy) is 2. The molecule has 2 saturated heterocycles. The minimum absolute atomic E-state index is 0.0183. The number of carbonyl (C=O) groups excluding carboxylic acids is 2. The van der Waals surface area contributed by atoms with Crippen LogP contribution in [0.15, 0.2) is 42.5 Å². The number of likely N-dealkylation sites (tertiary alicyclic amines) is 1. The van der Waals surface area contributed by atoms with E-state index in [1.165, 1.54) is 12.1 Å². The molecule has 0 spiro atoms. The fourth-order valence-corrected chi connectivity index (χ4v) is 4.68. The van der Waals surface area contributed by atoms with Crippen LogP contribution in [0, 0.1) is 5.82 Å². The number of benzene rings is 2. The smallest absolute Gasteiger partial charge is 0.410 e. The van der Waals surface area contributed by atoms with E-state index in [9.17, 15) is 14.0 Å². The highest BCUT2D eigenvalue weighted by Crippen LogP contribution is 2.34. The highest BCUT2D eigenvalue weighted by Gasteiger charge is 2.32. The molecule has 2 aliphatic heterocycles. The summed E-state index contributed by atoms with van der Waals surface area (Å²) in [6, 6.07) is 11.8. The Bertz CT molecular complexity index is 1080. The van der Waals surface area contributed by atoms with Gasteiger partial charge in [0.2, 0.25) is 0 Å². The normalized spacial score (nSPS) is 20.4. The Morgan fingerprint density at radius 1 is 1.11 bits per heavy atom. The SMILES string of the molecule is CC[C@H]1CNCCN1C(=O)c1ccc(O[C@H]2CCN(C(=O)OC(C)(C)C)C2)c(-c2ccc(F)cc2)c1. The molecule has 36 heavy (non-hydrogen) atoms. The van der Waals surface area contributed by atoms with Crippen LogP contribution in [0.2, 0.25) is 0 Å². The summed E-state index contributed by atoms with van der Waals surface area (Å²) in [5, 5.41) is 3.35. The van der Waals surface area contributed by atoms with E-state index in [4.69, 9.17) is 9.47 Å². The summed E-state index contributed by atoms with van der Waals surface area (Å²) in [5.41, 5.74) is 1.49. The van der Waals surface area contributed by atoms with Gasteiger partial charge in [-0.15, -0.1) is 0 Å². The summed E-state index contributed by atoms with van der Waals surface area (Å²) in [7, 11) is 0. The van der Waals surface area contributed by atoms with Crippen molar-refractivity contribution in [2.45, 2.75) is 58.3 Å². The standard InChI is InChI=1S/C28H36FN3O4/c1-5-22-17-30-13-15-32(22)26(33)20-8-11-25(24(16-20)19-6-9-21(29)10-7-19)35-23-12-14-31(18-23)27(34)36-28(2,3)4/h6-11,16,22-23,30H,5,12-15,17-18H2,1-4H3/t22-,23-/m0/s1. The van der Waals surface area contributed by atoms with Crippen molar-refractivity contribution in [3.8, 4) is 16.9 Å². The third-order valence-corrected chi connectivity index (χ3v) is 6.55. The maximum absolute atomic E-state index is 13.7. The topological polar surface area (TPSA) is 71.1 Å². The zero-order valence-corrected chi connectivity index (χ0v) is 21.6. The molecule has 4 rings (SSSR count). The molecule has 0 radical (unpaired) electrons. The van der Waals surface area contributed by atoms with Crippen molar-refractivity contribution in [2.24, 2.45) is 0 Å². The summed E-state index contributed by atoms with van der Waals surface area (Å²) in [4.78, 5) is 29.5. The van der Waals surface area contributed by atoms with Gasteiger partial charge in [0.15, 0.2) is 0 Å². The second kappa shape index (κ2) is 10.9. The van der Waals surface area contributed by atoms with Gasteiger partial charge < -0.3 is 24.6 Å². The van der Waals surface area contributed by atoms with Crippen LogP contribution in [-0.2, 0) is 4.74 Å². The van der Waals surface area contributed by atoms with Crippen molar-refractivity contribution in [1.29, 1.82) is 0 Å². The number of halogens is 1. The summed E-state index contributed by atoms with van der Waals surface area (Å²) in [6.07, 6.45) is 0.980. The Kier molecular flexibility index (Phi) is 7.83. The molecule has 1 N–H and O–H groups in total. The van der Waals surface area contributed by atoms with E-state index in [2.05, 4.69) is 12.2 Å². The van der Waals surface area contributed by atoms with Crippen molar-refractivity contribution in [3.05, 3.63) is 53.8 Å². The lowest BCUT2D eigenvalue weighted by Crippen LogP contribution is -2.53. The minimum atomic E-state index is -0.560. The lowest BCUT2D eigenvalue weighted by atomic mass is 10.00. The number of rotatable bonds is 5. The molecule has 7 nitrogen and oxygen atoms in total. The van der Waals surface area contributed by atoms with Gasteiger partial charge in [-0.3, -0.25) is 4.79 Å². The predicted octanol–water partition coefficient (Wildman–Crippen LogP) is 4.70. The van der Waals surface area contributed by atoms with E-state index in [0.29, 0.717) is 37.4 Å². The first-order valence-corrected chi connectivity index (χ1v) is 12.7. The molecular weight excluding hydrogens is 461 g/mol. The molecule has 2 atom stereocenters. The van der Waals surface area contributed by atoms with Gasteiger partial charge >= 0.3 is 6.09 Å². The van der Waals surface area contributed by atoms with E-state index < -0.39 is 5.60 Å². The second-order valence-electron chi connectivity index (χ2n) is 10.4. The first-order valence-electron chi connectivity index (χ1n) is 12.7. The Balaban J connectivity index is 1.57. The monoisotopic (exact) mass is 497 g/mol. The summed E-state index contributed by atoms with van der Waals surface area (Å²) in [6.45, 7) is 10.8. The Morgan fingerprint density at radius 3 is 2.56 bits per heavy atom. The van der Waals surface area contributed by atoms with Crippen LogP contribution in [0.5, 0.6) is 5.75 Å². The number of nitrogens with one attached hydrogen (secondary N) is 1. The van der Waals surface area contributed by atoms with Gasteiger partial charge in [0, 0.05) is 49.8 Å². The van der Waals surface area contributed by atoms with Gasteiger partial charge in [0.05, 0.1) is 6.54 Å². The number of amides is 2. The molecule has 194 valence electrons. The van der Waals surface area contributed by atoms with Crippen molar-refractivity contribution in [1.82, 2.24) is 15.1 Å². The molecular formula is C28H36FN3O4. The first kappa shape index (κ1) is 25.9. The Morgan fingerprint density at radius 2 is 1.86 bits per heavy atom. The molecule has 0 saturated carbocycles. The van der Waals surface area contributed by atoms with Crippen LogP contribution in [0.1, 0.15) is 50.9 Å². The average Bonchev–Trinajstić information content (AvgIpc) is 3.32. The zero-order chi connectivity index (χ0) is 25.9. The fourth-order valence-electron chi connectivity index (χ4n) is 4.68. The van der Waals surface area contributed by atoms with Crippen LogP contribution < -0.4 is 10.1 Å². The number of carbonyl (C=O) groups is 2. The van der Waals surface area contributed by atoms with Gasteiger partial charge in [0.1, 0.15) is 23.3 Å². The van der Waals surface area contributed by atoms with Crippen LogP contribution in [0.25, 0.3) is 11.1 Å². The van der Waals surface area contributed by atoms with E-state index in [0.717, 1.165) is 30.6 Å². The summed E-state index contributed by atoms with van der Waals surface area (Å²) in [5.74, 6) is 0.251. The van der Waals surface area contributed by atoms with Crippen LogP contribution in [-0.4, -0.2) is 72.3 Å². The molecule has 2 amide bonds. The van der Waals surface area contributed by atoms with Crippen molar-refractivity contribution < 1.29 is 23.5 Å². The highest BCUT2D eigenvalue weighted by atomic mass is 19.1. The van der Waals surface area contributed by atoms with E-state index in [1.54, 1.807) is 23.1 Å². The van der Waals surface area contributed by atoms with Gasteiger partial charge in [-0.1, -0.05) is 19.1 Å². The quantitative estimate of drug-likeness (QED) is 0.648. The summed E-state index contributed by atoms with van der Waals surface area (Å²) < 4.78 is 25.5. The Hall–Kier alpha value is -3.13. The Labute approximate surface area is 212 Å². The van der Waals surface area contributed by atoms with Crippen LogP contribution in [0.4, 0.5) is 9.18 Å². The third kappa shape index (κ3) is 6.16. The average molecular weight is 498 g/mol. The molecule has 0 unspecified atom stereocenters. The van der Waals surface area contributed by atoms with Gasteiger partial charge in [-0.25, -0.2) is 9.18 Å². The van der Waals surface area contributed by atoms with Crippen molar-refractivity contribution in [2.75, 3.05) is 32.7 Å². The fraction of sp³-hybridized carbons (Fsp3) is 0.500. The lowest BCUT2D eigenvalue weighted by Gasteiger charge is -2.36. The summed E-state index contributed by atoms with van der Waals surface area (Å²) >= 11 is 0. The zero-order valence-electron chi connectivity index (χ0n) is 21.6. The third-order valence-electron chi connectivity index (χ3n) is 6.55.